The van der Waals surface area contributed by atoms with Gasteiger partial charge >= 0.3 is 0 Å². The molecule has 0 aliphatic heterocycles. The molecule has 0 fully saturated rings. The molecule has 0 spiro atoms. The Morgan fingerprint density at radius 3 is 2.80 bits per heavy atom. The first-order chi connectivity index (χ1) is 9.43. The van der Waals surface area contributed by atoms with Gasteiger partial charge in [0.25, 0.3) is 10.0 Å². The summed E-state index contributed by atoms with van der Waals surface area (Å²) < 4.78 is 32.2. The van der Waals surface area contributed by atoms with Crippen LogP contribution in [0, 0.1) is 0 Å². The van der Waals surface area contributed by atoms with E-state index in [1.807, 2.05) is 6.92 Å². The molecule has 0 aliphatic rings. The smallest absolute Gasteiger partial charge is 0.262 e. The topological polar surface area (TPSA) is 94.1 Å². The minimum absolute atomic E-state index is 0.000207. The van der Waals surface area contributed by atoms with Crippen LogP contribution < -0.4 is 0 Å². The average molecular weight is 299 g/mol. The van der Waals surface area contributed by atoms with E-state index >= 15 is 0 Å². The summed E-state index contributed by atoms with van der Waals surface area (Å²) in [6.45, 7) is 2.05. The van der Waals surface area contributed by atoms with E-state index in [1.54, 1.807) is 11.6 Å². The van der Waals surface area contributed by atoms with Crippen molar-refractivity contribution in [2.75, 3.05) is 7.05 Å². The van der Waals surface area contributed by atoms with Crippen LogP contribution in [0.25, 0.3) is 0 Å². The normalized spacial score (nSPS) is 12.2. The summed E-state index contributed by atoms with van der Waals surface area (Å²) in [6, 6.07) is 0. The van der Waals surface area contributed by atoms with Crippen LogP contribution in [0.4, 0.5) is 0 Å². The Morgan fingerprint density at radius 1 is 1.45 bits per heavy atom. The Hall–Kier alpha value is -1.74. The van der Waals surface area contributed by atoms with Crippen molar-refractivity contribution in [3.8, 4) is 0 Å². The van der Waals surface area contributed by atoms with Crippen molar-refractivity contribution in [2.24, 2.45) is 7.05 Å². The monoisotopic (exact) mass is 299 g/mol. The van der Waals surface area contributed by atoms with Crippen LogP contribution in [0.2, 0.25) is 0 Å². The quantitative estimate of drug-likeness (QED) is 0.774. The van der Waals surface area contributed by atoms with Gasteiger partial charge in [0, 0.05) is 26.7 Å². The highest BCUT2D eigenvalue weighted by atomic mass is 32.2. The highest BCUT2D eigenvalue weighted by Gasteiger charge is 2.24. The average Bonchev–Trinajstić information content (AvgIpc) is 2.99. The van der Waals surface area contributed by atoms with Crippen LogP contribution in [0.5, 0.6) is 0 Å². The predicted octanol–water partition coefficient (Wildman–Crippen LogP) is 0.576. The van der Waals surface area contributed by atoms with Gasteiger partial charge in [-0.2, -0.15) is 9.29 Å². The summed E-state index contributed by atoms with van der Waals surface area (Å²) >= 11 is 0. The Balaban J connectivity index is 2.12. The zero-order valence-electron chi connectivity index (χ0n) is 11.6. The van der Waals surface area contributed by atoms with Gasteiger partial charge in [0.1, 0.15) is 0 Å². The van der Waals surface area contributed by atoms with Crippen molar-refractivity contribution in [2.45, 2.75) is 31.3 Å². The van der Waals surface area contributed by atoms with E-state index in [4.69, 9.17) is 4.52 Å². The summed E-state index contributed by atoms with van der Waals surface area (Å²) in [7, 11) is -0.471. The summed E-state index contributed by atoms with van der Waals surface area (Å²) in [4.78, 5) is 8.00. The van der Waals surface area contributed by atoms with Gasteiger partial charge in [-0.25, -0.2) is 13.4 Å². The Kier molecular flexibility index (Phi) is 4.19. The number of hydrogen-bond acceptors (Lipinski definition) is 6. The van der Waals surface area contributed by atoms with Crippen LogP contribution in [-0.4, -0.2) is 39.5 Å². The Labute approximate surface area is 117 Å². The maximum absolute atomic E-state index is 12.2. The third-order valence-corrected chi connectivity index (χ3v) is 4.38. The summed E-state index contributed by atoms with van der Waals surface area (Å²) in [5.41, 5.74) is 0. The lowest BCUT2D eigenvalue weighted by atomic mass is 10.3. The van der Waals surface area contributed by atoms with Gasteiger partial charge in [-0.05, 0) is 6.42 Å². The zero-order valence-corrected chi connectivity index (χ0v) is 12.5. The van der Waals surface area contributed by atoms with Crippen LogP contribution in [-0.2, 0) is 30.0 Å². The highest BCUT2D eigenvalue weighted by molar-refractivity contribution is 7.89. The van der Waals surface area contributed by atoms with Crippen molar-refractivity contribution in [1.29, 1.82) is 0 Å². The highest BCUT2D eigenvalue weighted by Crippen LogP contribution is 2.13. The summed E-state index contributed by atoms with van der Waals surface area (Å²) in [5, 5.41) is 3.77. The van der Waals surface area contributed by atoms with E-state index in [2.05, 4.69) is 15.1 Å². The van der Waals surface area contributed by atoms with Gasteiger partial charge in [0.05, 0.1) is 12.9 Å². The maximum Gasteiger partial charge on any atom is 0.262 e. The van der Waals surface area contributed by atoms with Gasteiger partial charge in [0.15, 0.2) is 10.9 Å². The lowest BCUT2D eigenvalue weighted by molar-refractivity contribution is 0.364. The first-order valence-electron chi connectivity index (χ1n) is 6.19. The van der Waals surface area contributed by atoms with Crippen LogP contribution >= 0.6 is 0 Å². The molecule has 8 nitrogen and oxygen atoms in total. The molecule has 0 amide bonds. The van der Waals surface area contributed by atoms with E-state index in [1.165, 1.54) is 19.6 Å². The minimum atomic E-state index is -3.64. The molecule has 0 bridgehead atoms. The molecular weight excluding hydrogens is 282 g/mol. The Morgan fingerprint density at radius 2 is 2.20 bits per heavy atom. The van der Waals surface area contributed by atoms with E-state index in [0.717, 1.165) is 10.7 Å². The van der Waals surface area contributed by atoms with Crippen LogP contribution in [0.15, 0.2) is 22.1 Å². The number of aryl methyl sites for hydroxylation is 2. The second-order valence-electron chi connectivity index (χ2n) is 4.49. The molecule has 2 aromatic rings. The maximum atomic E-state index is 12.2. The predicted molar refractivity (Wildman–Crippen MR) is 70.2 cm³/mol. The van der Waals surface area contributed by atoms with Gasteiger partial charge in [-0.3, -0.25) is 0 Å². The molecule has 0 saturated heterocycles. The molecule has 9 heteroatoms. The van der Waals surface area contributed by atoms with E-state index < -0.39 is 10.0 Å². The zero-order chi connectivity index (χ0) is 14.8. The molecule has 0 aromatic carbocycles. The first-order valence-corrected chi connectivity index (χ1v) is 7.63. The standard InChI is InChI=1S/C11H17N5O3S/c1-4-5-10-13-9(14-19-10)6-16(3)20(17,18)11-7-15(2)8-12-11/h7-8H,4-6H2,1-3H3. The summed E-state index contributed by atoms with van der Waals surface area (Å²) in [6.07, 6.45) is 4.46. The molecule has 2 rings (SSSR count). The fourth-order valence-corrected chi connectivity index (χ4v) is 2.72. The van der Waals surface area contributed by atoms with Gasteiger partial charge in [-0.1, -0.05) is 12.1 Å². The summed E-state index contributed by atoms with van der Waals surface area (Å²) in [5.74, 6) is 0.863. The molecular formula is C11H17N5O3S. The van der Waals surface area contributed by atoms with Crippen molar-refractivity contribution >= 4 is 10.0 Å². The third-order valence-electron chi connectivity index (χ3n) is 2.69. The third kappa shape index (κ3) is 3.05. The number of hydrogen-bond donors (Lipinski definition) is 0. The molecule has 0 atom stereocenters. The minimum Gasteiger partial charge on any atom is -0.339 e. The van der Waals surface area contributed by atoms with Gasteiger partial charge in [0.2, 0.25) is 5.89 Å². The molecule has 20 heavy (non-hydrogen) atoms. The molecule has 0 N–H and O–H groups in total. The molecule has 0 radical (unpaired) electrons. The number of sulfonamides is 1. The lowest BCUT2D eigenvalue weighted by Gasteiger charge is -2.12. The molecule has 110 valence electrons. The molecule has 2 aromatic heterocycles. The van der Waals surface area contributed by atoms with Crippen LogP contribution in [0.3, 0.4) is 0 Å². The molecule has 0 unspecified atom stereocenters. The largest absolute Gasteiger partial charge is 0.339 e. The molecule has 0 aliphatic carbocycles. The van der Waals surface area contributed by atoms with E-state index in [9.17, 15) is 8.42 Å². The van der Waals surface area contributed by atoms with Crippen molar-refractivity contribution in [1.82, 2.24) is 24.0 Å². The Bertz CT molecular complexity index is 676. The number of imidazole rings is 1. The fraction of sp³-hybridized carbons (Fsp3) is 0.545. The number of rotatable bonds is 6. The van der Waals surface area contributed by atoms with Crippen molar-refractivity contribution < 1.29 is 12.9 Å². The number of nitrogens with zero attached hydrogens (tertiary/aromatic N) is 5. The van der Waals surface area contributed by atoms with Crippen LogP contribution in [0.1, 0.15) is 25.1 Å². The van der Waals surface area contributed by atoms with E-state index in [-0.39, 0.29) is 11.6 Å². The second kappa shape index (κ2) is 5.71. The van der Waals surface area contributed by atoms with Crippen molar-refractivity contribution in [3.63, 3.8) is 0 Å². The molecule has 2 heterocycles. The SMILES string of the molecule is CCCc1nc(CN(C)S(=O)(=O)c2cn(C)cn2)no1. The first kappa shape index (κ1) is 14.7. The second-order valence-corrected chi connectivity index (χ2v) is 6.48. The molecule has 0 saturated carbocycles. The van der Waals surface area contributed by atoms with Gasteiger partial charge < -0.3 is 9.09 Å². The van der Waals surface area contributed by atoms with E-state index in [0.29, 0.717) is 18.1 Å². The van der Waals surface area contributed by atoms with Gasteiger partial charge in [-0.15, -0.1) is 0 Å². The fourth-order valence-electron chi connectivity index (χ4n) is 1.64. The number of aromatic nitrogens is 4. The lowest BCUT2D eigenvalue weighted by Crippen LogP contribution is -2.27. The van der Waals surface area contributed by atoms with Crippen molar-refractivity contribution in [3.05, 3.63) is 24.2 Å².